The van der Waals surface area contributed by atoms with Crippen molar-refractivity contribution in [3.63, 3.8) is 0 Å². The molecule has 1 fully saturated rings. The summed E-state index contributed by atoms with van der Waals surface area (Å²) in [5.74, 6) is 0.410. The molecule has 0 aromatic carbocycles. The van der Waals surface area contributed by atoms with Gasteiger partial charge in [0, 0.05) is 12.8 Å². The van der Waals surface area contributed by atoms with E-state index in [-0.39, 0.29) is 11.6 Å². The van der Waals surface area contributed by atoms with Crippen LogP contribution in [0.2, 0.25) is 0 Å². The maximum absolute atomic E-state index is 11.4. The van der Waals surface area contributed by atoms with Gasteiger partial charge in [-0.15, -0.1) is 0 Å². The molecule has 0 N–H and O–H groups in total. The fourth-order valence-corrected chi connectivity index (χ4v) is 2.32. The number of hydrogen-bond acceptors (Lipinski definition) is 2. The lowest BCUT2D eigenvalue weighted by Gasteiger charge is -2.20. The quantitative estimate of drug-likeness (QED) is 0.630. The number of carbonyl (C=O) groups excluding carboxylic acids is 2. The van der Waals surface area contributed by atoms with E-state index in [1.54, 1.807) is 0 Å². The van der Waals surface area contributed by atoms with Gasteiger partial charge in [0.25, 0.3) is 0 Å². The van der Waals surface area contributed by atoms with E-state index in [4.69, 9.17) is 0 Å². The molecule has 0 atom stereocenters. The SMILES string of the molecule is CCCC(=O)C(=O)CCC1CCCCC1. The molecular formula is C13H22O2. The van der Waals surface area contributed by atoms with Gasteiger partial charge >= 0.3 is 0 Å². The van der Waals surface area contributed by atoms with E-state index in [1.807, 2.05) is 6.92 Å². The van der Waals surface area contributed by atoms with Crippen LogP contribution < -0.4 is 0 Å². The van der Waals surface area contributed by atoms with E-state index in [2.05, 4.69) is 0 Å². The highest BCUT2D eigenvalue weighted by atomic mass is 16.2. The Morgan fingerprint density at radius 2 is 1.60 bits per heavy atom. The van der Waals surface area contributed by atoms with Crippen molar-refractivity contribution in [3.05, 3.63) is 0 Å². The molecule has 1 aliphatic rings. The van der Waals surface area contributed by atoms with Gasteiger partial charge in [0.1, 0.15) is 0 Å². The molecule has 0 amide bonds. The molecule has 0 aliphatic heterocycles. The van der Waals surface area contributed by atoms with Gasteiger partial charge < -0.3 is 0 Å². The van der Waals surface area contributed by atoms with Crippen LogP contribution in [0.25, 0.3) is 0 Å². The van der Waals surface area contributed by atoms with E-state index >= 15 is 0 Å². The van der Waals surface area contributed by atoms with Crippen LogP contribution in [0.1, 0.15) is 64.7 Å². The van der Waals surface area contributed by atoms with Crippen molar-refractivity contribution in [1.29, 1.82) is 0 Å². The molecule has 0 spiro atoms. The topological polar surface area (TPSA) is 34.1 Å². The maximum Gasteiger partial charge on any atom is 0.198 e. The van der Waals surface area contributed by atoms with Crippen molar-refractivity contribution in [3.8, 4) is 0 Å². The van der Waals surface area contributed by atoms with Crippen molar-refractivity contribution in [1.82, 2.24) is 0 Å². The third-order valence-corrected chi connectivity index (χ3v) is 3.29. The van der Waals surface area contributed by atoms with Crippen molar-refractivity contribution in [2.75, 3.05) is 0 Å². The van der Waals surface area contributed by atoms with Crippen LogP contribution >= 0.6 is 0 Å². The van der Waals surface area contributed by atoms with Crippen LogP contribution in [0.5, 0.6) is 0 Å². The number of rotatable bonds is 6. The summed E-state index contributed by atoms with van der Waals surface area (Å²) >= 11 is 0. The number of Topliss-reactive ketones (excluding diaryl/α,β-unsaturated/α-hetero) is 2. The minimum atomic E-state index is -0.159. The lowest BCUT2D eigenvalue weighted by Crippen LogP contribution is -2.15. The summed E-state index contributed by atoms with van der Waals surface area (Å²) in [4.78, 5) is 22.7. The average Bonchev–Trinajstić information content (AvgIpc) is 2.27. The Labute approximate surface area is 92.4 Å². The summed E-state index contributed by atoms with van der Waals surface area (Å²) in [6.45, 7) is 1.94. The average molecular weight is 210 g/mol. The zero-order valence-corrected chi connectivity index (χ0v) is 9.76. The van der Waals surface area contributed by atoms with Crippen LogP contribution in [0, 0.1) is 5.92 Å². The Balaban J connectivity index is 2.17. The first-order valence-corrected chi connectivity index (χ1v) is 6.30. The normalized spacial score (nSPS) is 17.7. The first kappa shape index (κ1) is 12.4. The van der Waals surface area contributed by atoms with Crippen molar-refractivity contribution in [2.24, 2.45) is 5.92 Å². The monoisotopic (exact) mass is 210 g/mol. The van der Waals surface area contributed by atoms with Crippen LogP contribution in [-0.4, -0.2) is 11.6 Å². The summed E-state index contributed by atoms with van der Waals surface area (Å²) < 4.78 is 0. The third-order valence-electron chi connectivity index (χ3n) is 3.29. The van der Waals surface area contributed by atoms with Gasteiger partial charge in [0.05, 0.1) is 0 Å². The van der Waals surface area contributed by atoms with E-state index in [9.17, 15) is 9.59 Å². The summed E-state index contributed by atoms with van der Waals surface area (Å²) in [5.41, 5.74) is 0. The molecule has 0 unspecified atom stereocenters. The van der Waals surface area contributed by atoms with Gasteiger partial charge in [-0.2, -0.15) is 0 Å². The van der Waals surface area contributed by atoms with Crippen molar-refractivity contribution >= 4 is 11.6 Å². The van der Waals surface area contributed by atoms with Crippen molar-refractivity contribution < 1.29 is 9.59 Å². The molecule has 0 saturated heterocycles. The Morgan fingerprint density at radius 1 is 1.00 bits per heavy atom. The first-order chi connectivity index (χ1) is 7.24. The fraction of sp³-hybridized carbons (Fsp3) is 0.846. The summed E-state index contributed by atoms with van der Waals surface area (Å²) in [7, 11) is 0. The predicted molar refractivity (Wildman–Crippen MR) is 60.7 cm³/mol. The minimum absolute atomic E-state index is 0.137. The van der Waals surface area contributed by atoms with Gasteiger partial charge in [-0.3, -0.25) is 9.59 Å². The van der Waals surface area contributed by atoms with Crippen LogP contribution in [0.4, 0.5) is 0 Å². The second kappa shape index (κ2) is 6.76. The van der Waals surface area contributed by atoms with Crippen LogP contribution in [-0.2, 0) is 9.59 Å². The first-order valence-electron chi connectivity index (χ1n) is 6.30. The zero-order chi connectivity index (χ0) is 11.1. The van der Waals surface area contributed by atoms with Crippen molar-refractivity contribution in [2.45, 2.75) is 64.7 Å². The summed E-state index contributed by atoms with van der Waals surface area (Å²) in [6.07, 6.45) is 9.13. The molecule has 1 rings (SSSR count). The fourth-order valence-electron chi connectivity index (χ4n) is 2.32. The van der Waals surface area contributed by atoms with E-state index in [0.717, 1.165) is 12.8 Å². The summed E-state index contributed by atoms with van der Waals surface area (Å²) in [6, 6.07) is 0. The number of ketones is 2. The predicted octanol–water partition coefficient (Wildman–Crippen LogP) is 3.29. The smallest absolute Gasteiger partial charge is 0.198 e. The molecule has 2 nitrogen and oxygen atoms in total. The third kappa shape index (κ3) is 4.59. The molecule has 1 aliphatic carbocycles. The molecule has 0 radical (unpaired) electrons. The largest absolute Gasteiger partial charge is 0.291 e. The molecule has 1 saturated carbocycles. The highest BCUT2D eigenvalue weighted by Gasteiger charge is 2.17. The Bertz CT molecular complexity index is 215. The van der Waals surface area contributed by atoms with Crippen LogP contribution in [0.15, 0.2) is 0 Å². The highest BCUT2D eigenvalue weighted by molar-refractivity contribution is 6.37. The van der Waals surface area contributed by atoms with Gasteiger partial charge in [0.15, 0.2) is 11.6 Å². The molecule has 86 valence electrons. The van der Waals surface area contributed by atoms with Gasteiger partial charge in [-0.05, 0) is 18.8 Å². The van der Waals surface area contributed by atoms with E-state index in [0.29, 0.717) is 18.8 Å². The van der Waals surface area contributed by atoms with Crippen LogP contribution in [0.3, 0.4) is 0 Å². The van der Waals surface area contributed by atoms with E-state index < -0.39 is 0 Å². The second-order valence-electron chi connectivity index (χ2n) is 4.64. The van der Waals surface area contributed by atoms with Gasteiger partial charge in [-0.1, -0.05) is 39.0 Å². The number of hydrogen-bond donors (Lipinski definition) is 0. The Morgan fingerprint density at radius 3 is 2.20 bits per heavy atom. The molecule has 15 heavy (non-hydrogen) atoms. The molecule has 0 heterocycles. The molecule has 2 heteroatoms. The van der Waals surface area contributed by atoms with Gasteiger partial charge in [-0.25, -0.2) is 0 Å². The van der Waals surface area contributed by atoms with E-state index in [1.165, 1.54) is 32.1 Å². The Kier molecular flexibility index (Phi) is 5.59. The molecular weight excluding hydrogens is 188 g/mol. The molecule has 0 aromatic rings. The molecule has 0 bridgehead atoms. The second-order valence-corrected chi connectivity index (χ2v) is 4.64. The lowest BCUT2D eigenvalue weighted by atomic mass is 9.85. The highest BCUT2D eigenvalue weighted by Crippen LogP contribution is 2.27. The Hall–Kier alpha value is -0.660. The lowest BCUT2D eigenvalue weighted by molar-refractivity contribution is -0.136. The van der Waals surface area contributed by atoms with Gasteiger partial charge in [0.2, 0.25) is 0 Å². The standard InChI is InChI=1S/C13H22O2/c1-2-6-12(14)13(15)10-9-11-7-4-3-5-8-11/h11H,2-10H2,1H3. The molecule has 0 aromatic heterocycles. The minimum Gasteiger partial charge on any atom is -0.291 e. The zero-order valence-electron chi connectivity index (χ0n) is 9.76. The number of carbonyl (C=O) groups is 2. The maximum atomic E-state index is 11.4. The summed E-state index contributed by atoms with van der Waals surface area (Å²) in [5, 5.41) is 0.